The quantitative estimate of drug-likeness (QED) is 0.547. The van der Waals surface area contributed by atoms with E-state index in [1.807, 2.05) is 6.92 Å². The number of carbonyl (C=O) groups excluding carboxylic acids is 2. The second-order valence-electron chi connectivity index (χ2n) is 5.78. The maximum absolute atomic E-state index is 12.4. The molecular formula is C19H21N3O5. The van der Waals surface area contributed by atoms with E-state index >= 15 is 0 Å². The molecule has 0 fully saturated rings. The molecular weight excluding hydrogens is 350 g/mol. The van der Waals surface area contributed by atoms with Crippen LogP contribution in [-0.2, 0) is 4.79 Å². The van der Waals surface area contributed by atoms with Crippen molar-refractivity contribution in [2.24, 2.45) is 0 Å². The first-order valence-electron chi connectivity index (χ1n) is 8.52. The summed E-state index contributed by atoms with van der Waals surface area (Å²) in [5, 5.41) is 16.4. The molecule has 0 aliphatic heterocycles. The van der Waals surface area contributed by atoms with Crippen LogP contribution in [0, 0.1) is 10.1 Å². The molecule has 0 heterocycles. The van der Waals surface area contributed by atoms with Crippen molar-refractivity contribution >= 4 is 23.2 Å². The number of nitrogens with one attached hydrogen (secondary N) is 2. The Hall–Kier alpha value is -3.42. The molecule has 2 aromatic rings. The normalized spacial score (nSPS) is 11.3. The minimum atomic E-state index is -1.00. The van der Waals surface area contributed by atoms with E-state index in [9.17, 15) is 19.7 Å². The Morgan fingerprint density at radius 3 is 2.52 bits per heavy atom. The zero-order valence-electron chi connectivity index (χ0n) is 15.1. The first-order chi connectivity index (χ1) is 12.9. The van der Waals surface area contributed by atoms with Gasteiger partial charge in [0.1, 0.15) is 0 Å². The fourth-order valence-electron chi connectivity index (χ4n) is 2.31. The topological polar surface area (TPSA) is 111 Å². The highest BCUT2D eigenvalue weighted by Crippen LogP contribution is 2.27. The number of hydrogen-bond acceptors (Lipinski definition) is 5. The van der Waals surface area contributed by atoms with Gasteiger partial charge in [-0.3, -0.25) is 19.7 Å². The molecule has 2 rings (SSSR count). The molecule has 1 atom stereocenters. The lowest BCUT2D eigenvalue weighted by Crippen LogP contribution is -2.32. The van der Waals surface area contributed by atoms with E-state index < -0.39 is 16.9 Å². The lowest BCUT2D eigenvalue weighted by atomic mass is 10.1. The Morgan fingerprint density at radius 1 is 1.15 bits per heavy atom. The molecule has 2 N–H and O–H groups in total. The third kappa shape index (κ3) is 5.27. The molecule has 0 saturated heterocycles. The Kier molecular flexibility index (Phi) is 6.87. The van der Waals surface area contributed by atoms with Gasteiger partial charge in [0.25, 0.3) is 11.8 Å². The van der Waals surface area contributed by atoms with E-state index in [0.717, 1.165) is 6.42 Å². The smallest absolute Gasteiger partial charge is 0.310 e. The average molecular weight is 371 g/mol. The SMILES string of the molecule is CCCNC(=O)c1ccccc1NC(=O)[C@@H](C)Oc1ccccc1[N+](=O)[O-]. The van der Waals surface area contributed by atoms with E-state index in [-0.39, 0.29) is 17.3 Å². The second kappa shape index (κ2) is 9.33. The van der Waals surface area contributed by atoms with Crippen LogP contribution in [0.25, 0.3) is 0 Å². The number of carbonyl (C=O) groups is 2. The summed E-state index contributed by atoms with van der Waals surface area (Å²) < 4.78 is 5.45. The van der Waals surface area contributed by atoms with E-state index in [1.54, 1.807) is 30.3 Å². The van der Waals surface area contributed by atoms with Gasteiger partial charge in [0, 0.05) is 12.6 Å². The molecule has 0 radical (unpaired) electrons. The van der Waals surface area contributed by atoms with Crippen LogP contribution in [0.3, 0.4) is 0 Å². The Morgan fingerprint density at radius 2 is 1.81 bits per heavy atom. The van der Waals surface area contributed by atoms with Gasteiger partial charge in [-0.15, -0.1) is 0 Å². The molecule has 0 spiro atoms. The lowest BCUT2D eigenvalue weighted by Gasteiger charge is -2.16. The molecule has 0 aliphatic rings. The number of nitrogens with zero attached hydrogens (tertiary/aromatic N) is 1. The van der Waals surface area contributed by atoms with Gasteiger partial charge in [-0.2, -0.15) is 0 Å². The maximum Gasteiger partial charge on any atom is 0.310 e. The van der Waals surface area contributed by atoms with Gasteiger partial charge in [-0.05, 0) is 31.5 Å². The minimum absolute atomic E-state index is 0.000811. The Balaban J connectivity index is 2.11. The largest absolute Gasteiger partial charge is 0.474 e. The highest BCUT2D eigenvalue weighted by Gasteiger charge is 2.22. The summed E-state index contributed by atoms with van der Waals surface area (Å²) in [5.41, 5.74) is 0.447. The standard InChI is InChI=1S/C19H21N3O5/c1-3-12-20-19(24)14-8-4-5-9-15(14)21-18(23)13(2)27-17-11-7-6-10-16(17)22(25)26/h4-11,13H,3,12H2,1-2H3,(H,20,24)(H,21,23)/t13-/m1/s1. The summed E-state index contributed by atoms with van der Waals surface area (Å²) in [7, 11) is 0. The van der Waals surface area contributed by atoms with Gasteiger partial charge in [-0.1, -0.05) is 31.2 Å². The van der Waals surface area contributed by atoms with Crippen molar-refractivity contribution in [3.63, 3.8) is 0 Å². The van der Waals surface area contributed by atoms with Crippen molar-refractivity contribution in [3.05, 3.63) is 64.2 Å². The molecule has 0 unspecified atom stereocenters. The molecule has 2 aromatic carbocycles. The van der Waals surface area contributed by atoms with E-state index in [2.05, 4.69) is 10.6 Å². The van der Waals surface area contributed by atoms with Crippen molar-refractivity contribution in [2.45, 2.75) is 26.4 Å². The highest BCUT2D eigenvalue weighted by atomic mass is 16.6. The van der Waals surface area contributed by atoms with E-state index in [1.165, 1.54) is 25.1 Å². The molecule has 27 heavy (non-hydrogen) atoms. The van der Waals surface area contributed by atoms with Crippen LogP contribution in [0.5, 0.6) is 5.75 Å². The Bertz CT molecular complexity index is 838. The van der Waals surface area contributed by atoms with Gasteiger partial charge < -0.3 is 15.4 Å². The molecule has 142 valence electrons. The van der Waals surface area contributed by atoms with Crippen molar-refractivity contribution in [1.29, 1.82) is 0 Å². The number of rotatable bonds is 8. The fraction of sp³-hybridized carbons (Fsp3) is 0.263. The summed E-state index contributed by atoms with van der Waals surface area (Å²) in [5.74, 6) is -0.817. The molecule has 0 bridgehead atoms. The number of anilines is 1. The van der Waals surface area contributed by atoms with Gasteiger partial charge >= 0.3 is 5.69 Å². The molecule has 0 saturated carbocycles. The predicted octanol–water partition coefficient (Wildman–Crippen LogP) is 3.14. The van der Waals surface area contributed by atoms with Crippen molar-refractivity contribution in [3.8, 4) is 5.75 Å². The Labute approximate surface area is 156 Å². The second-order valence-corrected chi connectivity index (χ2v) is 5.78. The van der Waals surface area contributed by atoms with Gasteiger partial charge in [-0.25, -0.2) is 0 Å². The molecule has 0 aromatic heterocycles. The van der Waals surface area contributed by atoms with Gasteiger partial charge in [0.15, 0.2) is 11.9 Å². The van der Waals surface area contributed by atoms with Crippen LogP contribution in [-0.4, -0.2) is 29.4 Å². The van der Waals surface area contributed by atoms with Crippen LogP contribution in [0.4, 0.5) is 11.4 Å². The molecule has 2 amide bonds. The number of hydrogen-bond donors (Lipinski definition) is 2. The van der Waals surface area contributed by atoms with E-state index in [0.29, 0.717) is 17.8 Å². The van der Waals surface area contributed by atoms with Crippen molar-refractivity contribution < 1.29 is 19.2 Å². The number of ether oxygens (including phenoxy) is 1. The van der Waals surface area contributed by atoms with Gasteiger partial charge in [0.2, 0.25) is 0 Å². The average Bonchev–Trinajstić information content (AvgIpc) is 2.66. The highest BCUT2D eigenvalue weighted by molar-refractivity contribution is 6.04. The van der Waals surface area contributed by atoms with Crippen LogP contribution in [0.1, 0.15) is 30.6 Å². The van der Waals surface area contributed by atoms with Crippen molar-refractivity contribution in [2.75, 3.05) is 11.9 Å². The summed E-state index contributed by atoms with van der Waals surface area (Å²) in [4.78, 5) is 35.1. The summed E-state index contributed by atoms with van der Waals surface area (Å²) in [6.45, 7) is 3.94. The van der Waals surface area contributed by atoms with Crippen molar-refractivity contribution in [1.82, 2.24) is 5.32 Å². The van der Waals surface area contributed by atoms with Crippen LogP contribution >= 0.6 is 0 Å². The maximum atomic E-state index is 12.4. The lowest BCUT2D eigenvalue weighted by molar-refractivity contribution is -0.386. The third-order valence-corrected chi connectivity index (χ3v) is 3.70. The minimum Gasteiger partial charge on any atom is -0.474 e. The summed E-state index contributed by atoms with van der Waals surface area (Å²) in [6, 6.07) is 12.4. The number of nitro benzene ring substituents is 1. The number of benzene rings is 2. The van der Waals surface area contributed by atoms with E-state index in [4.69, 9.17) is 4.74 Å². The first-order valence-corrected chi connectivity index (χ1v) is 8.52. The van der Waals surface area contributed by atoms with Crippen LogP contribution < -0.4 is 15.4 Å². The first kappa shape index (κ1) is 19.9. The monoisotopic (exact) mass is 371 g/mol. The summed E-state index contributed by atoms with van der Waals surface area (Å²) in [6.07, 6.45) is -0.209. The summed E-state index contributed by atoms with van der Waals surface area (Å²) >= 11 is 0. The van der Waals surface area contributed by atoms with Crippen LogP contribution in [0.15, 0.2) is 48.5 Å². The zero-order chi connectivity index (χ0) is 19.8. The number of amides is 2. The zero-order valence-corrected chi connectivity index (χ0v) is 15.1. The predicted molar refractivity (Wildman–Crippen MR) is 101 cm³/mol. The molecule has 8 heteroatoms. The fourth-order valence-corrected chi connectivity index (χ4v) is 2.31. The van der Waals surface area contributed by atoms with Gasteiger partial charge in [0.05, 0.1) is 16.2 Å². The molecule has 0 aliphatic carbocycles. The third-order valence-electron chi connectivity index (χ3n) is 3.70. The van der Waals surface area contributed by atoms with Crippen LogP contribution in [0.2, 0.25) is 0 Å². The number of nitro groups is 1. The number of para-hydroxylation sites is 3. The molecule has 8 nitrogen and oxygen atoms in total.